The van der Waals surface area contributed by atoms with E-state index in [1.165, 1.54) is 56.1 Å². The summed E-state index contributed by atoms with van der Waals surface area (Å²) in [6, 6.07) is 7.15. The molecule has 192 valence electrons. The van der Waals surface area contributed by atoms with Crippen LogP contribution in [0.1, 0.15) is 92.4 Å². The number of benzene rings is 1. The molecule has 0 spiro atoms. The van der Waals surface area contributed by atoms with Crippen molar-refractivity contribution < 1.29 is 0 Å². The summed E-state index contributed by atoms with van der Waals surface area (Å²) in [5.74, 6) is 0.821. The molecule has 1 aromatic carbocycles. The second-order valence-corrected chi connectivity index (χ2v) is 11.3. The average Bonchev–Trinajstić information content (AvgIpc) is 3.59. The quantitative estimate of drug-likeness (QED) is 0.576. The standard InChI is InChI=1S/C28H39N7O/c1-19-16-21-18-24(28(36)29-25(21)17-20(19)2)26(27-30-31-32-35(27)23-10-6-7-11-23)34-14-12-33(13-15-34)22-8-4-3-5-9-22/h16-18,22-23,26H,3-15H2,1-2H3,(H,29,36). The lowest BCUT2D eigenvalue weighted by atomic mass is 9.93. The molecule has 1 unspecified atom stereocenters. The topological polar surface area (TPSA) is 82.9 Å². The van der Waals surface area contributed by atoms with Gasteiger partial charge >= 0.3 is 0 Å². The van der Waals surface area contributed by atoms with Gasteiger partial charge in [-0.3, -0.25) is 14.6 Å². The number of hydrogen-bond donors (Lipinski definition) is 1. The lowest BCUT2D eigenvalue weighted by Crippen LogP contribution is -2.52. The highest BCUT2D eigenvalue weighted by Gasteiger charge is 2.36. The minimum Gasteiger partial charge on any atom is -0.322 e. The van der Waals surface area contributed by atoms with Crippen molar-refractivity contribution in [3.63, 3.8) is 0 Å². The van der Waals surface area contributed by atoms with Gasteiger partial charge in [0.25, 0.3) is 5.56 Å². The van der Waals surface area contributed by atoms with Gasteiger partial charge in [0.15, 0.2) is 5.82 Å². The van der Waals surface area contributed by atoms with Crippen LogP contribution < -0.4 is 5.56 Å². The van der Waals surface area contributed by atoms with Crippen LogP contribution in [0.2, 0.25) is 0 Å². The van der Waals surface area contributed by atoms with E-state index in [1.807, 2.05) is 4.68 Å². The Morgan fingerprint density at radius 2 is 1.53 bits per heavy atom. The average molecular weight is 490 g/mol. The summed E-state index contributed by atoms with van der Waals surface area (Å²) in [6.45, 7) is 8.13. The fourth-order valence-electron chi connectivity index (χ4n) is 6.79. The minimum atomic E-state index is -0.246. The minimum absolute atomic E-state index is 0.0357. The fraction of sp³-hybridized carbons (Fsp3) is 0.643. The van der Waals surface area contributed by atoms with Gasteiger partial charge in [-0.25, -0.2) is 4.68 Å². The van der Waals surface area contributed by atoms with E-state index in [1.54, 1.807) is 0 Å². The van der Waals surface area contributed by atoms with Crippen molar-refractivity contribution in [2.45, 2.75) is 89.8 Å². The smallest absolute Gasteiger partial charge is 0.253 e. The highest BCUT2D eigenvalue weighted by Crippen LogP contribution is 2.35. The van der Waals surface area contributed by atoms with Crippen LogP contribution >= 0.6 is 0 Å². The molecule has 3 heterocycles. The lowest BCUT2D eigenvalue weighted by Gasteiger charge is -2.43. The monoisotopic (exact) mass is 489 g/mol. The SMILES string of the molecule is Cc1cc2cc(C(c3nnnn3C3CCCC3)N3CCN(C4CCCCC4)CC3)c(=O)[nH]c2cc1C. The van der Waals surface area contributed by atoms with Crippen molar-refractivity contribution in [3.8, 4) is 0 Å². The number of nitrogens with zero attached hydrogens (tertiary/aromatic N) is 6. The molecule has 6 rings (SSSR count). The first-order chi connectivity index (χ1) is 17.6. The molecule has 8 nitrogen and oxygen atoms in total. The van der Waals surface area contributed by atoms with E-state index in [0.29, 0.717) is 6.04 Å². The summed E-state index contributed by atoms with van der Waals surface area (Å²) >= 11 is 0. The third kappa shape index (κ3) is 4.50. The van der Waals surface area contributed by atoms with Gasteiger partial charge in [-0.05, 0) is 84.7 Å². The number of nitrogens with one attached hydrogen (secondary N) is 1. The zero-order valence-corrected chi connectivity index (χ0v) is 21.7. The second kappa shape index (κ2) is 10.1. The Morgan fingerprint density at radius 3 is 2.28 bits per heavy atom. The number of aromatic amines is 1. The number of pyridine rings is 1. The third-order valence-corrected chi connectivity index (χ3v) is 9.02. The summed E-state index contributed by atoms with van der Waals surface area (Å²) in [7, 11) is 0. The lowest BCUT2D eigenvalue weighted by molar-refractivity contribution is 0.0613. The molecule has 36 heavy (non-hydrogen) atoms. The van der Waals surface area contributed by atoms with Crippen molar-refractivity contribution in [2.24, 2.45) is 0 Å². The van der Waals surface area contributed by atoms with E-state index in [-0.39, 0.29) is 11.6 Å². The Labute approximate surface area is 213 Å². The maximum Gasteiger partial charge on any atom is 0.253 e. The molecule has 1 N–H and O–H groups in total. The largest absolute Gasteiger partial charge is 0.322 e. The molecule has 3 aliphatic rings. The van der Waals surface area contributed by atoms with Crippen LogP contribution in [-0.4, -0.2) is 67.2 Å². The van der Waals surface area contributed by atoms with E-state index in [0.717, 1.165) is 67.4 Å². The molecular weight excluding hydrogens is 450 g/mol. The molecule has 0 amide bonds. The van der Waals surface area contributed by atoms with E-state index in [9.17, 15) is 4.79 Å². The summed E-state index contributed by atoms with van der Waals surface area (Å²) in [5.41, 5.74) is 4.03. The molecule has 0 radical (unpaired) electrons. The van der Waals surface area contributed by atoms with Crippen LogP contribution in [0, 0.1) is 13.8 Å². The fourth-order valence-corrected chi connectivity index (χ4v) is 6.79. The van der Waals surface area contributed by atoms with E-state index >= 15 is 0 Å². The Bertz CT molecular complexity index is 1260. The van der Waals surface area contributed by atoms with Crippen molar-refractivity contribution in [2.75, 3.05) is 26.2 Å². The Kier molecular flexibility index (Phi) is 6.65. The molecule has 1 saturated heterocycles. The van der Waals surface area contributed by atoms with Gasteiger partial charge < -0.3 is 4.98 Å². The number of tetrazole rings is 1. The third-order valence-electron chi connectivity index (χ3n) is 9.02. The maximum atomic E-state index is 13.6. The first-order valence-corrected chi connectivity index (χ1v) is 14.0. The van der Waals surface area contributed by atoms with Gasteiger partial charge in [-0.2, -0.15) is 0 Å². The van der Waals surface area contributed by atoms with Crippen molar-refractivity contribution >= 4 is 10.9 Å². The van der Waals surface area contributed by atoms with Crippen LogP contribution in [0.4, 0.5) is 0 Å². The Morgan fingerprint density at radius 1 is 0.861 bits per heavy atom. The molecule has 1 atom stereocenters. The molecular formula is C28H39N7O. The van der Waals surface area contributed by atoms with Gasteiger partial charge in [0.2, 0.25) is 0 Å². The zero-order valence-electron chi connectivity index (χ0n) is 21.7. The molecule has 2 aliphatic carbocycles. The molecule has 2 saturated carbocycles. The number of fused-ring (bicyclic) bond motifs is 1. The molecule has 1 aliphatic heterocycles. The molecule has 3 aromatic rings. The van der Waals surface area contributed by atoms with Crippen molar-refractivity contribution in [1.29, 1.82) is 0 Å². The van der Waals surface area contributed by atoms with Crippen molar-refractivity contribution in [1.82, 2.24) is 35.0 Å². The van der Waals surface area contributed by atoms with Gasteiger partial charge in [-0.1, -0.05) is 32.1 Å². The zero-order chi connectivity index (χ0) is 24.6. The number of aromatic nitrogens is 5. The van der Waals surface area contributed by atoms with Gasteiger partial charge in [-0.15, -0.1) is 5.10 Å². The number of H-pyrrole nitrogens is 1. The number of aryl methyl sites for hydroxylation is 2. The highest BCUT2D eigenvalue weighted by atomic mass is 16.1. The number of hydrogen-bond acceptors (Lipinski definition) is 6. The summed E-state index contributed by atoms with van der Waals surface area (Å²) in [4.78, 5) is 21.9. The number of piperazine rings is 1. The predicted molar refractivity (Wildman–Crippen MR) is 141 cm³/mol. The molecule has 0 bridgehead atoms. The summed E-state index contributed by atoms with van der Waals surface area (Å²) < 4.78 is 2.04. The molecule has 2 aromatic heterocycles. The van der Waals surface area contributed by atoms with E-state index < -0.39 is 0 Å². The second-order valence-electron chi connectivity index (χ2n) is 11.3. The predicted octanol–water partition coefficient (Wildman–Crippen LogP) is 4.29. The summed E-state index contributed by atoms with van der Waals surface area (Å²) in [5, 5.41) is 14.2. The van der Waals surface area contributed by atoms with Crippen LogP contribution in [0.25, 0.3) is 10.9 Å². The molecule has 3 fully saturated rings. The van der Waals surface area contributed by atoms with Crippen LogP contribution in [0.15, 0.2) is 23.0 Å². The van der Waals surface area contributed by atoms with E-state index in [2.05, 4.69) is 62.4 Å². The van der Waals surface area contributed by atoms with Gasteiger partial charge in [0, 0.05) is 43.3 Å². The van der Waals surface area contributed by atoms with Crippen LogP contribution in [-0.2, 0) is 0 Å². The highest BCUT2D eigenvalue weighted by molar-refractivity contribution is 5.81. The van der Waals surface area contributed by atoms with Crippen LogP contribution in [0.3, 0.4) is 0 Å². The normalized spacial score (nSPS) is 21.9. The van der Waals surface area contributed by atoms with E-state index in [4.69, 9.17) is 0 Å². The van der Waals surface area contributed by atoms with Gasteiger partial charge in [0.05, 0.1) is 6.04 Å². The first-order valence-electron chi connectivity index (χ1n) is 14.0. The Balaban J connectivity index is 1.38. The first kappa shape index (κ1) is 23.8. The Hall–Kier alpha value is -2.58. The van der Waals surface area contributed by atoms with Gasteiger partial charge in [0.1, 0.15) is 6.04 Å². The maximum absolute atomic E-state index is 13.6. The summed E-state index contributed by atoms with van der Waals surface area (Å²) in [6.07, 6.45) is 11.4. The van der Waals surface area contributed by atoms with Crippen LogP contribution in [0.5, 0.6) is 0 Å². The molecule has 8 heteroatoms. The van der Waals surface area contributed by atoms with Crippen molar-refractivity contribution in [3.05, 3.63) is 51.1 Å². The number of rotatable bonds is 5.